The van der Waals surface area contributed by atoms with Crippen LogP contribution < -0.4 is 5.32 Å². The van der Waals surface area contributed by atoms with Crippen molar-refractivity contribution in [3.8, 4) is 0 Å². The first-order valence-corrected chi connectivity index (χ1v) is 8.44. The number of amides is 2. The van der Waals surface area contributed by atoms with E-state index in [0.717, 1.165) is 0 Å². The van der Waals surface area contributed by atoms with E-state index in [0.29, 0.717) is 18.0 Å². The lowest BCUT2D eigenvalue weighted by atomic mass is 9.93. The van der Waals surface area contributed by atoms with E-state index >= 15 is 0 Å². The molecule has 3 aliphatic heterocycles. The smallest absolute Gasteiger partial charge is 0.257 e. The summed E-state index contributed by atoms with van der Waals surface area (Å²) in [5, 5.41) is 9.74. The van der Waals surface area contributed by atoms with Gasteiger partial charge >= 0.3 is 0 Å². The fourth-order valence-electron chi connectivity index (χ4n) is 3.47. The highest BCUT2D eigenvalue weighted by molar-refractivity contribution is 6.53. The Morgan fingerprint density at radius 3 is 2.81 bits per heavy atom. The first kappa shape index (κ1) is 17.3. The van der Waals surface area contributed by atoms with Crippen LogP contribution in [0.15, 0.2) is 16.4 Å². The molecule has 0 aliphatic carbocycles. The summed E-state index contributed by atoms with van der Waals surface area (Å²) in [6.07, 6.45) is 0.758. The fraction of sp³-hybridized carbons (Fsp3) is 0.500. The molecule has 3 aliphatic rings. The topological polar surface area (TPSA) is 135 Å². The van der Waals surface area contributed by atoms with Crippen LogP contribution in [0.2, 0.25) is 0 Å². The van der Waals surface area contributed by atoms with Crippen molar-refractivity contribution in [1.82, 2.24) is 25.4 Å². The van der Waals surface area contributed by atoms with Gasteiger partial charge in [0.15, 0.2) is 6.04 Å². The van der Waals surface area contributed by atoms with E-state index in [2.05, 4.69) is 20.3 Å². The van der Waals surface area contributed by atoms with Crippen LogP contribution in [-0.4, -0.2) is 75.0 Å². The zero-order valence-corrected chi connectivity index (χ0v) is 14.7. The maximum absolute atomic E-state index is 12.7. The molecular formula is C16H17N5O6. The Kier molecular flexibility index (Phi) is 4.02. The average molecular weight is 375 g/mol. The van der Waals surface area contributed by atoms with E-state index in [1.54, 1.807) is 6.92 Å². The molecular weight excluding hydrogens is 358 g/mol. The van der Waals surface area contributed by atoms with Gasteiger partial charge in [0.05, 0.1) is 25.7 Å². The second kappa shape index (κ2) is 6.27. The van der Waals surface area contributed by atoms with Gasteiger partial charge in [-0.1, -0.05) is 10.3 Å². The molecule has 4 heterocycles. The van der Waals surface area contributed by atoms with Gasteiger partial charge in [0.25, 0.3) is 11.8 Å². The highest BCUT2D eigenvalue weighted by Gasteiger charge is 2.52. The van der Waals surface area contributed by atoms with E-state index in [1.807, 2.05) is 6.92 Å². The van der Waals surface area contributed by atoms with Gasteiger partial charge in [0, 0.05) is 6.20 Å². The number of nitrogens with one attached hydrogen (secondary N) is 1. The van der Waals surface area contributed by atoms with Crippen LogP contribution >= 0.6 is 0 Å². The summed E-state index contributed by atoms with van der Waals surface area (Å²) in [7, 11) is 0. The van der Waals surface area contributed by atoms with E-state index in [4.69, 9.17) is 4.74 Å². The summed E-state index contributed by atoms with van der Waals surface area (Å²) >= 11 is 0. The van der Waals surface area contributed by atoms with Crippen molar-refractivity contribution in [2.24, 2.45) is 0 Å². The number of hydrogen-bond acceptors (Lipinski definition) is 9. The Labute approximate surface area is 153 Å². The highest BCUT2D eigenvalue weighted by Crippen LogP contribution is 2.29. The number of fused-ring (bicyclic) bond motifs is 2. The fourth-order valence-corrected chi connectivity index (χ4v) is 3.47. The first-order chi connectivity index (χ1) is 12.9. The van der Waals surface area contributed by atoms with Crippen molar-refractivity contribution in [2.45, 2.75) is 38.7 Å². The Hall–Kier alpha value is -3.08. The summed E-state index contributed by atoms with van der Waals surface area (Å²) in [5.74, 6) is -3.10. The van der Waals surface area contributed by atoms with Crippen LogP contribution in [-0.2, 0) is 30.5 Å². The maximum atomic E-state index is 12.7. The molecule has 4 rings (SSSR count). The number of piperazine rings is 1. The number of carbonyl (C=O) groups excluding carboxylic acids is 4. The molecule has 0 radical (unpaired) electrons. The molecule has 27 heavy (non-hydrogen) atoms. The Bertz CT molecular complexity index is 876. The van der Waals surface area contributed by atoms with Gasteiger partial charge < -0.3 is 19.9 Å². The van der Waals surface area contributed by atoms with Crippen molar-refractivity contribution < 1.29 is 28.5 Å². The molecule has 11 heteroatoms. The van der Waals surface area contributed by atoms with Gasteiger partial charge in [-0.15, -0.1) is 0 Å². The van der Waals surface area contributed by atoms with Gasteiger partial charge in [-0.05, 0) is 13.8 Å². The van der Waals surface area contributed by atoms with Crippen LogP contribution in [0.1, 0.15) is 18.3 Å². The molecule has 11 nitrogen and oxygen atoms in total. The summed E-state index contributed by atoms with van der Waals surface area (Å²) in [4.78, 5) is 52.9. The lowest BCUT2D eigenvalue weighted by Gasteiger charge is -2.43. The number of Topliss-reactive ketones (excluding diaryl/α,β-unsaturated/α-hetero) is 2. The molecule has 142 valence electrons. The number of ketones is 2. The molecule has 0 spiro atoms. The third-order valence-corrected chi connectivity index (χ3v) is 4.92. The SMILES string of the molecule is Cc1nonc1CNC(=O)C1=CN2C[C@H]3OC[C@H](C)N3C(=O)C2C(=O)C1=O. The van der Waals surface area contributed by atoms with E-state index in [1.165, 1.54) is 16.0 Å². The van der Waals surface area contributed by atoms with Crippen LogP contribution in [0.25, 0.3) is 0 Å². The number of carbonyl (C=O) groups is 4. The van der Waals surface area contributed by atoms with Crippen LogP contribution in [0.4, 0.5) is 0 Å². The van der Waals surface area contributed by atoms with E-state index < -0.39 is 35.7 Å². The van der Waals surface area contributed by atoms with Gasteiger partial charge in [-0.3, -0.25) is 19.2 Å². The second-order valence-electron chi connectivity index (χ2n) is 6.70. The Morgan fingerprint density at radius 2 is 2.11 bits per heavy atom. The molecule has 2 amide bonds. The third kappa shape index (κ3) is 2.70. The summed E-state index contributed by atoms with van der Waals surface area (Å²) in [6, 6.07) is -1.41. The minimum Gasteiger partial charge on any atom is -0.354 e. The molecule has 1 unspecified atom stereocenters. The van der Waals surface area contributed by atoms with Crippen LogP contribution in [0, 0.1) is 6.92 Å². The molecule has 0 aromatic carbocycles. The predicted octanol–water partition coefficient (Wildman–Crippen LogP) is -1.71. The summed E-state index contributed by atoms with van der Waals surface area (Å²) in [6.45, 7) is 4.04. The van der Waals surface area contributed by atoms with E-state index in [-0.39, 0.29) is 24.7 Å². The number of ether oxygens (including phenoxy) is 1. The zero-order valence-electron chi connectivity index (χ0n) is 14.7. The van der Waals surface area contributed by atoms with Crippen molar-refractivity contribution in [1.29, 1.82) is 0 Å². The first-order valence-electron chi connectivity index (χ1n) is 8.44. The zero-order chi connectivity index (χ0) is 19.3. The second-order valence-corrected chi connectivity index (χ2v) is 6.70. The molecule has 1 aromatic rings. The monoisotopic (exact) mass is 375 g/mol. The predicted molar refractivity (Wildman–Crippen MR) is 85.5 cm³/mol. The largest absolute Gasteiger partial charge is 0.354 e. The molecule has 3 atom stereocenters. The molecule has 0 bridgehead atoms. The molecule has 1 N–H and O–H groups in total. The van der Waals surface area contributed by atoms with Crippen molar-refractivity contribution in [3.05, 3.63) is 23.2 Å². The van der Waals surface area contributed by atoms with Gasteiger partial charge in [0.2, 0.25) is 11.6 Å². The summed E-state index contributed by atoms with van der Waals surface area (Å²) < 4.78 is 10.1. The van der Waals surface area contributed by atoms with E-state index in [9.17, 15) is 19.2 Å². The lowest BCUT2D eigenvalue weighted by molar-refractivity contribution is -0.159. The minimum atomic E-state index is -1.24. The Morgan fingerprint density at radius 1 is 1.33 bits per heavy atom. The minimum absolute atomic E-state index is 0.00757. The van der Waals surface area contributed by atoms with Gasteiger partial charge in [0.1, 0.15) is 23.2 Å². The number of aryl methyl sites for hydroxylation is 1. The number of rotatable bonds is 3. The summed E-state index contributed by atoms with van der Waals surface area (Å²) in [5.41, 5.74) is 0.593. The van der Waals surface area contributed by atoms with Crippen molar-refractivity contribution >= 4 is 23.4 Å². The van der Waals surface area contributed by atoms with Crippen LogP contribution in [0.3, 0.4) is 0 Å². The lowest BCUT2D eigenvalue weighted by Crippen LogP contribution is -2.65. The standard InChI is InChI=1S/C16H17N5O6/c1-7-6-26-11-5-20-4-9(13(22)14(23)12(20)16(25)21(7)11)15(24)17-3-10-8(2)18-27-19-10/h4,7,11-12H,3,5-6H2,1-2H3,(H,17,24)/t7-,11+,12?/m0/s1. The van der Waals surface area contributed by atoms with Gasteiger partial charge in [-0.25, -0.2) is 4.63 Å². The van der Waals surface area contributed by atoms with Crippen LogP contribution in [0.5, 0.6) is 0 Å². The number of hydrogen-bond donors (Lipinski definition) is 1. The molecule has 0 saturated carbocycles. The number of aromatic nitrogens is 2. The highest BCUT2D eigenvalue weighted by atomic mass is 16.6. The maximum Gasteiger partial charge on any atom is 0.257 e. The molecule has 1 aromatic heterocycles. The van der Waals surface area contributed by atoms with Crippen molar-refractivity contribution in [3.63, 3.8) is 0 Å². The Balaban J connectivity index is 1.55. The normalized spacial score (nSPS) is 27.4. The van der Waals surface area contributed by atoms with Gasteiger partial charge in [-0.2, -0.15) is 0 Å². The third-order valence-electron chi connectivity index (χ3n) is 4.92. The quantitative estimate of drug-likeness (QED) is 0.372. The molecule has 2 fully saturated rings. The molecule has 2 saturated heterocycles. The average Bonchev–Trinajstić information content (AvgIpc) is 3.21. The van der Waals surface area contributed by atoms with Crippen molar-refractivity contribution in [2.75, 3.05) is 13.2 Å². The number of nitrogens with zero attached hydrogens (tertiary/aromatic N) is 4.